The Kier molecular flexibility index (Phi) is 5.59. The average molecular weight is 458 g/mol. The van der Waals surface area contributed by atoms with Gasteiger partial charge in [0.25, 0.3) is 0 Å². The van der Waals surface area contributed by atoms with Crippen molar-refractivity contribution >= 4 is 35.1 Å². The second kappa shape index (κ2) is 8.35. The van der Waals surface area contributed by atoms with Gasteiger partial charge < -0.3 is 9.47 Å². The highest BCUT2D eigenvalue weighted by Gasteiger charge is 2.46. The molecule has 2 heterocycles. The average Bonchev–Trinajstić information content (AvgIpc) is 3.15. The van der Waals surface area contributed by atoms with Crippen LogP contribution < -0.4 is 9.47 Å². The molecule has 0 aliphatic carbocycles. The van der Waals surface area contributed by atoms with E-state index < -0.39 is 5.79 Å². The third-order valence-electron chi connectivity index (χ3n) is 5.42. The highest BCUT2D eigenvalue weighted by molar-refractivity contribution is 7.97. The summed E-state index contributed by atoms with van der Waals surface area (Å²) in [6.07, 6.45) is 3.83. The highest BCUT2D eigenvalue weighted by atomic mass is 35.5. The number of piperidine rings is 1. The van der Waals surface area contributed by atoms with Gasteiger partial charge in [-0.1, -0.05) is 41.8 Å². The van der Waals surface area contributed by atoms with Crippen molar-refractivity contribution in [2.24, 2.45) is 0 Å². The molecule has 2 aliphatic rings. The molecule has 1 atom stereocenters. The quantitative estimate of drug-likeness (QED) is 0.387. The number of hydrogen-bond acceptors (Lipinski definition) is 4. The molecule has 3 aromatic carbocycles. The lowest BCUT2D eigenvalue weighted by atomic mass is 9.97. The second-order valence-corrected chi connectivity index (χ2v) is 9.51. The first kappa shape index (κ1) is 20.1. The lowest BCUT2D eigenvalue weighted by molar-refractivity contribution is -0.0458. The van der Waals surface area contributed by atoms with Crippen LogP contribution >= 0.6 is 35.1 Å². The van der Waals surface area contributed by atoms with Gasteiger partial charge in [-0.15, -0.1) is 0 Å². The normalized spacial score (nSPS) is 21.0. The van der Waals surface area contributed by atoms with Crippen LogP contribution in [0.3, 0.4) is 0 Å². The van der Waals surface area contributed by atoms with Crippen LogP contribution in [0, 0.1) is 0 Å². The van der Waals surface area contributed by atoms with Gasteiger partial charge in [-0.05, 0) is 79.4 Å². The second-order valence-electron chi connectivity index (χ2n) is 7.50. The zero-order valence-electron chi connectivity index (χ0n) is 16.3. The van der Waals surface area contributed by atoms with Crippen molar-refractivity contribution in [1.82, 2.24) is 4.31 Å². The van der Waals surface area contributed by atoms with Crippen LogP contribution in [-0.2, 0) is 5.79 Å². The van der Waals surface area contributed by atoms with Gasteiger partial charge in [0.1, 0.15) is 0 Å². The Labute approximate surface area is 191 Å². The zero-order chi connectivity index (χ0) is 20.6. The maximum absolute atomic E-state index is 6.58. The van der Waals surface area contributed by atoms with E-state index in [1.807, 2.05) is 54.6 Å². The van der Waals surface area contributed by atoms with Gasteiger partial charge in [0.15, 0.2) is 11.5 Å². The SMILES string of the molecule is Clc1ccc(C2(c3ccccc3Cl)Oc3ccc(SN4CCCCC4)cc3O2)cc1. The molecule has 1 saturated heterocycles. The minimum absolute atomic E-state index is 0.586. The molecule has 2 aliphatic heterocycles. The number of benzene rings is 3. The van der Waals surface area contributed by atoms with E-state index in [0.29, 0.717) is 21.5 Å². The largest absolute Gasteiger partial charge is 0.440 e. The molecular formula is C24H21Cl2NO2S. The highest BCUT2D eigenvalue weighted by Crippen LogP contribution is 2.50. The molecule has 1 fully saturated rings. The van der Waals surface area contributed by atoms with Gasteiger partial charge in [0.05, 0.1) is 10.6 Å². The smallest absolute Gasteiger partial charge is 0.307 e. The van der Waals surface area contributed by atoms with Crippen molar-refractivity contribution in [2.75, 3.05) is 13.1 Å². The van der Waals surface area contributed by atoms with Crippen LogP contribution in [0.4, 0.5) is 0 Å². The number of fused-ring (bicyclic) bond motifs is 1. The number of hydrogen-bond donors (Lipinski definition) is 0. The van der Waals surface area contributed by atoms with Gasteiger partial charge >= 0.3 is 5.79 Å². The molecule has 5 rings (SSSR count). The summed E-state index contributed by atoms with van der Waals surface area (Å²) in [7, 11) is 0. The number of nitrogens with zero attached hydrogens (tertiary/aromatic N) is 1. The molecule has 0 N–H and O–H groups in total. The summed E-state index contributed by atoms with van der Waals surface area (Å²) in [6.45, 7) is 2.24. The van der Waals surface area contributed by atoms with E-state index in [0.717, 1.165) is 29.1 Å². The van der Waals surface area contributed by atoms with Crippen LogP contribution in [0.25, 0.3) is 0 Å². The first-order chi connectivity index (χ1) is 14.6. The first-order valence-corrected chi connectivity index (χ1v) is 11.6. The third-order valence-corrected chi connectivity index (χ3v) is 7.09. The molecule has 0 bridgehead atoms. The third kappa shape index (κ3) is 3.78. The maximum Gasteiger partial charge on any atom is 0.307 e. The summed E-state index contributed by atoms with van der Waals surface area (Å²) in [4.78, 5) is 1.14. The molecule has 3 nitrogen and oxygen atoms in total. The van der Waals surface area contributed by atoms with Crippen molar-refractivity contribution in [3.8, 4) is 11.5 Å². The predicted octanol–water partition coefficient (Wildman–Crippen LogP) is 7.16. The lowest BCUT2D eigenvalue weighted by Gasteiger charge is -2.29. The van der Waals surface area contributed by atoms with Crippen molar-refractivity contribution in [3.05, 3.63) is 87.9 Å². The summed E-state index contributed by atoms with van der Waals surface area (Å²) in [6, 6.07) is 21.3. The van der Waals surface area contributed by atoms with E-state index in [1.54, 1.807) is 11.9 Å². The van der Waals surface area contributed by atoms with Gasteiger partial charge in [-0.2, -0.15) is 0 Å². The van der Waals surface area contributed by atoms with Crippen molar-refractivity contribution in [3.63, 3.8) is 0 Å². The van der Waals surface area contributed by atoms with Crippen molar-refractivity contribution in [1.29, 1.82) is 0 Å². The lowest BCUT2D eigenvalue weighted by Crippen LogP contribution is -2.37. The van der Waals surface area contributed by atoms with Crippen LogP contribution in [-0.4, -0.2) is 17.4 Å². The van der Waals surface area contributed by atoms with Gasteiger partial charge in [0, 0.05) is 28.6 Å². The van der Waals surface area contributed by atoms with Gasteiger partial charge in [0.2, 0.25) is 0 Å². The van der Waals surface area contributed by atoms with E-state index >= 15 is 0 Å². The standard InChI is InChI=1S/C24H21Cl2NO2S/c25-18-10-8-17(9-11-18)24(20-6-2-3-7-21(20)26)28-22-13-12-19(16-23(22)29-24)30-27-14-4-1-5-15-27/h2-3,6-13,16H,1,4-5,14-15H2. The van der Waals surface area contributed by atoms with Crippen molar-refractivity contribution < 1.29 is 9.47 Å². The molecule has 6 heteroatoms. The number of rotatable bonds is 4. The van der Waals surface area contributed by atoms with E-state index in [9.17, 15) is 0 Å². The Balaban J connectivity index is 1.52. The Morgan fingerprint density at radius 2 is 1.53 bits per heavy atom. The summed E-state index contributed by atoms with van der Waals surface area (Å²) in [5, 5.41) is 1.24. The zero-order valence-corrected chi connectivity index (χ0v) is 18.6. The Morgan fingerprint density at radius 3 is 2.30 bits per heavy atom. The summed E-state index contributed by atoms with van der Waals surface area (Å²) < 4.78 is 15.4. The Bertz CT molecular complexity index is 1050. The van der Waals surface area contributed by atoms with Crippen LogP contribution in [0.5, 0.6) is 11.5 Å². The van der Waals surface area contributed by atoms with Crippen LogP contribution in [0.15, 0.2) is 71.6 Å². The fourth-order valence-corrected chi connectivity index (χ4v) is 5.34. The summed E-state index contributed by atoms with van der Waals surface area (Å²) in [5.41, 5.74) is 1.59. The molecular weight excluding hydrogens is 437 g/mol. The van der Waals surface area contributed by atoms with E-state index in [-0.39, 0.29) is 0 Å². The fraction of sp³-hybridized carbons (Fsp3) is 0.250. The molecule has 0 saturated carbocycles. The Morgan fingerprint density at radius 1 is 0.800 bits per heavy atom. The van der Waals surface area contributed by atoms with Crippen LogP contribution in [0.1, 0.15) is 30.4 Å². The predicted molar refractivity (Wildman–Crippen MR) is 123 cm³/mol. The molecule has 154 valence electrons. The van der Waals surface area contributed by atoms with Crippen LogP contribution in [0.2, 0.25) is 10.0 Å². The van der Waals surface area contributed by atoms with Crippen molar-refractivity contribution in [2.45, 2.75) is 29.9 Å². The number of ether oxygens (including phenoxy) is 2. The number of halogens is 2. The first-order valence-electron chi connectivity index (χ1n) is 10.1. The summed E-state index contributed by atoms with van der Waals surface area (Å²) >= 11 is 14.5. The summed E-state index contributed by atoms with van der Waals surface area (Å²) in [5.74, 6) is 0.263. The van der Waals surface area contributed by atoms with Gasteiger partial charge in [-0.25, -0.2) is 4.31 Å². The molecule has 0 spiro atoms. The molecule has 0 radical (unpaired) electrons. The molecule has 0 aromatic heterocycles. The monoisotopic (exact) mass is 457 g/mol. The molecule has 3 aromatic rings. The fourth-order valence-electron chi connectivity index (χ4n) is 3.93. The topological polar surface area (TPSA) is 21.7 Å². The minimum Gasteiger partial charge on any atom is -0.440 e. The molecule has 0 amide bonds. The van der Waals surface area contributed by atoms with E-state index in [4.69, 9.17) is 32.7 Å². The van der Waals surface area contributed by atoms with E-state index in [1.165, 1.54) is 19.3 Å². The minimum atomic E-state index is -1.15. The Hall–Kier alpha value is -1.85. The maximum atomic E-state index is 6.58. The molecule has 1 unspecified atom stereocenters. The van der Waals surface area contributed by atoms with E-state index in [2.05, 4.69) is 16.4 Å². The van der Waals surface area contributed by atoms with Gasteiger partial charge in [-0.3, -0.25) is 0 Å². The molecule has 30 heavy (non-hydrogen) atoms.